The molecule has 0 amide bonds. The number of hydrogen-bond acceptors (Lipinski definition) is 3. The first-order valence-corrected chi connectivity index (χ1v) is 6.25. The summed E-state index contributed by atoms with van der Waals surface area (Å²) in [6.45, 7) is 2.03. The highest BCUT2D eigenvalue weighted by Gasteiger charge is 2.19. The molecule has 1 aromatic rings. The molecule has 0 aliphatic heterocycles. The normalized spacial score (nSPS) is 12.0. The van der Waals surface area contributed by atoms with Gasteiger partial charge in [-0.3, -0.25) is 0 Å². The first-order valence-electron chi connectivity index (χ1n) is 5.88. The summed E-state index contributed by atoms with van der Waals surface area (Å²) in [5.74, 6) is -0.773. The predicted molar refractivity (Wildman–Crippen MR) is 70.4 cm³/mol. The average molecular weight is 274 g/mol. The Morgan fingerprint density at radius 3 is 2.89 bits per heavy atom. The van der Waals surface area contributed by atoms with Gasteiger partial charge in [0.15, 0.2) is 0 Å². The van der Waals surface area contributed by atoms with E-state index in [0.717, 1.165) is 12.8 Å². The lowest BCUT2D eigenvalue weighted by atomic mass is 10.1. The van der Waals surface area contributed by atoms with E-state index in [1.165, 1.54) is 25.3 Å². The second kappa shape index (κ2) is 7.21. The van der Waals surface area contributed by atoms with Crippen LogP contribution in [0.2, 0.25) is 5.02 Å². The lowest BCUT2D eigenvalue weighted by Crippen LogP contribution is -2.30. The molecule has 0 aliphatic carbocycles. The summed E-state index contributed by atoms with van der Waals surface area (Å²) in [6.07, 6.45) is 2.46. The van der Waals surface area contributed by atoms with Crippen molar-refractivity contribution in [2.75, 3.05) is 12.4 Å². The van der Waals surface area contributed by atoms with Crippen molar-refractivity contribution in [1.82, 2.24) is 0 Å². The van der Waals surface area contributed by atoms with Gasteiger partial charge in [0.05, 0.1) is 17.8 Å². The van der Waals surface area contributed by atoms with Crippen LogP contribution in [0.15, 0.2) is 18.2 Å². The Morgan fingerprint density at radius 1 is 1.56 bits per heavy atom. The summed E-state index contributed by atoms with van der Waals surface area (Å²) in [4.78, 5) is 11.6. The van der Waals surface area contributed by atoms with E-state index in [4.69, 9.17) is 16.3 Å². The lowest BCUT2D eigenvalue weighted by molar-refractivity contribution is -0.141. The molecule has 1 N–H and O–H groups in total. The van der Waals surface area contributed by atoms with Crippen LogP contribution < -0.4 is 5.32 Å². The minimum Gasteiger partial charge on any atom is -0.467 e. The van der Waals surface area contributed by atoms with Gasteiger partial charge in [-0.2, -0.15) is 0 Å². The van der Waals surface area contributed by atoms with Crippen molar-refractivity contribution >= 4 is 23.3 Å². The van der Waals surface area contributed by atoms with Gasteiger partial charge in [0, 0.05) is 0 Å². The van der Waals surface area contributed by atoms with Crippen LogP contribution in [0.1, 0.15) is 26.2 Å². The number of anilines is 1. The molecule has 0 fully saturated rings. The molecule has 0 heterocycles. The van der Waals surface area contributed by atoms with Gasteiger partial charge in [0.25, 0.3) is 0 Å². The number of carbonyl (C=O) groups is 1. The Kier molecular flexibility index (Phi) is 5.92. The second-order valence-electron chi connectivity index (χ2n) is 3.99. The summed E-state index contributed by atoms with van der Waals surface area (Å²) >= 11 is 5.94. The van der Waals surface area contributed by atoms with Gasteiger partial charge < -0.3 is 10.1 Å². The van der Waals surface area contributed by atoms with E-state index < -0.39 is 11.9 Å². The number of carbonyl (C=O) groups excluding carboxylic acids is 1. The van der Waals surface area contributed by atoms with Gasteiger partial charge >= 0.3 is 5.97 Å². The second-order valence-corrected chi connectivity index (χ2v) is 4.39. The number of ether oxygens (including phenoxy) is 1. The fourth-order valence-electron chi connectivity index (χ4n) is 1.60. The molecule has 100 valence electrons. The van der Waals surface area contributed by atoms with Crippen LogP contribution in [0.5, 0.6) is 0 Å². The zero-order valence-electron chi connectivity index (χ0n) is 10.5. The number of halogens is 2. The quantitative estimate of drug-likeness (QED) is 0.805. The maximum Gasteiger partial charge on any atom is 0.328 e. The third-order valence-corrected chi connectivity index (χ3v) is 2.92. The molecule has 18 heavy (non-hydrogen) atoms. The zero-order valence-corrected chi connectivity index (χ0v) is 11.3. The zero-order chi connectivity index (χ0) is 13.5. The van der Waals surface area contributed by atoms with Gasteiger partial charge in [-0.1, -0.05) is 31.4 Å². The van der Waals surface area contributed by atoms with Gasteiger partial charge in [-0.15, -0.1) is 0 Å². The van der Waals surface area contributed by atoms with Crippen molar-refractivity contribution in [1.29, 1.82) is 0 Å². The average Bonchev–Trinajstić information content (AvgIpc) is 2.37. The van der Waals surface area contributed by atoms with E-state index in [-0.39, 0.29) is 5.97 Å². The molecule has 1 aromatic carbocycles. The van der Waals surface area contributed by atoms with E-state index >= 15 is 0 Å². The number of esters is 1. The van der Waals surface area contributed by atoms with Gasteiger partial charge in [0.1, 0.15) is 11.9 Å². The van der Waals surface area contributed by atoms with Crippen molar-refractivity contribution in [2.45, 2.75) is 32.2 Å². The monoisotopic (exact) mass is 273 g/mol. The molecule has 0 radical (unpaired) electrons. The smallest absolute Gasteiger partial charge is 0.328 e. The van der Waals surface area contributed by atoms with Crippen LogP contribution >= 0.6 is 11.6 Å². The summed E-state index contributed by atoms with van der Waals surface area (Å²) in [5.41, 5.74) is 0.406. The molecule has 3 nitrogen and oxygen atoms in total. The minimum atomic E-state index is -0.505. The summed E-state index contributed by atoms with van der Waals surface area (Å²) in [6, 6.07) is 3.49. The minimum absolute atomic E-state index is 0.372. The Morgan fingerprint density at radius 2 is 2.28 bits per heavy atom. The third kappa shape index (κ3) is 4.18. The number of benzene rings is 1. The van der Waals surface area contributed by atoms with Gasteiger partial charge in [-0.05, 0) is 24.6 Å². The van der Waals surface area contributed by atoms with Crippen LogP contribution in [0.4, 0.5) is 10.1 Å². The highest BCUT2D eigenvalue weighted by molar-refractivity contribution is 6.33. The number of methoxy groups -OCH3 is 1. The molecular weight excluding hydrogens is 257 g/mol. The van der Waals surface area contributed by atoms with Crippen molar-refractivity contribution < 1.29 is 13.9 Å². The maximum atomic E-state index is 13.1. The molecule has 0 bridgehead atoms. The number of nitrogens with one attached hydrogen (secondary N) is 1. The lowest BCUT2D eigenvalue weighted by Gasteiger charge is -2.18. The van der Waals surface area contributed by atoms with E-state index in [1.54, 1.807) is 0 Å². The predicted octanol–water partition coefficient (Wildman–Crippen LogP) is 3.62. The fraction of sp³-hybridized carbons (Fsp3) is 0.462. The molecule has 0 aromatic heterocycles. The van der Waals surface area contributed by atoms with Crippen LogP contribution in [0.3, 0.4) is 0 Å². The first-order chi connectivity index (χ1) is 8.58. The van der Waals surface area contributed by atoms with Crippen molar-refractivity contribution in [3.8, 4) is 0 Å². The van der Waals surface area contributed by atoms with Gasteiger partial charge in [-0.25, -0.2) is 9.18 Å². The van der Waals surface area contributed by atoms with Crippen LogP contribution in [-0.2, 0) is 9.53 Å². The number of unbranched alkanes of at least 4 members (excludes halogenated alkanes) is 1. The topological polar surface area (TPSA) is 38.3 Å². The molecule has 5 heteroatoms. The van der Waals surface area contributed by atoms with Crippen LogP contribution in [-0.4, -0.2) is 19.1 Å². The Labute approximate surface area is 111 Å². The first kappa shape index (κ1) is 14.8. The van der Waals surface area contributed by atoms with Crippen molar-refractivity contribution in [2.24, 2.45) is 0 Å². The Hall–Kier alpha value is -1.29. The maximum absolute atomic E-state index is 13.1. The molecular formula is C13H17ClFNO2. The van der Waals surface area contributed by atoms with E-state index in [9.17, 15) is 9.18 Å². The SMILES string of the molecule is CCCCC(Nc1cc(F)ccc1Cl)C(=O)OC. The highest BCUT2D eigenvalue weighted by Crippen LogP contribution is 2.24. The summed E-state index contributed by atoms with van der Waals surface area (Å²) in [5, 5.41) is 3.30. The molecule has 1 rings (SSSR count). The molecule has 0 aliphatic rings. The summed E-state index contributed by atoms with van der Waals surface area (Å²) < 4.78 is 17.8. The van der Waals surface area contributed by atoms with E-state index in [2.05, 4.69) is 5.32 Å². The molecule has 1 unspecified atom stereocenters. The third-order valence-electron chi connectivity index (χ3n) is 2.59. The fourth-order valence-corrected chi connectivity index (χ4v) is 1.77. The Balaban J connectivity index is 2.81. The highest BCUT2D eigenvalue weighted by atomic mass is 35.5. The summed E-state index contributed by atoms with van der Waals surface area (Å²) in [7, 11) is 1.33. The van der Waals surface area contributed by atoms with Crippen molar-refractivity contribution in [3.05, 3.63) is 29.0 Å². The van der Waals surface area contributed by atoms with Crippen molar-refractivity contribution in [3.63, 3.8) is 0 Å². The standard InChI is InChI=1S/C13H17ClFNO2/c1-3-4-5-11(13(17)18-2)16-12-8-9(15)6-7-10(12)14/h6-8,11,16H,3-5H2,1-2H3. The van der Waals surface area contributed by atoms with Gasteiger partial charge in [0.2, 0.25) is 0 Å². The molecule has 1 atom stereocenters. The van der Waals surface area contributed by atoms with Crippen LogP contribution in [0.25, 0.3) is 0 Å². The van der Waals surface area contributed by atoms with E-state index in [0.29, 0.717) is 17.1 Å². The number of hydrogen-bond donors (Lipinski definition) is 1. The molecule has 0 spiro atoms. The van der Waals surface area contributed by atoms with E-state index in [1.807, 2.05) is 6.92 Å². The van der Waals surface area contributed by atoms with Crippen LogP contribution in [0, 0.1) is 5.82 Å². The molecule has 0 saturated heterocycles. The molecule has 0 saturated carbocycles. The largest absolute Gasteiger partial charge is 0.467 e. The number of rotatable bonds is 6. The Bertz CT molecular complexity index is 412.